The number of nitrogens with one attached hydrogen (secondary N) is 2. The van der Waals surface area contributed by atoms with E-state index in [1.807, 2.05) is 11.0 Å². The number of hydrogen-bond acceptors (Lipinski definition) is 3. The molecule has 3 rings (SSSR count). The van der Waals surface area contributed by atoms with Gasteiger partial charge in [0, 0.05) is 17.9 Å². The third-order valence-electron chi connectivity index (χ3n) is 4.86. The molecule has 0 unspecified atom stereocenters. The van der Waals surface area contributed by atoms with Gasteiger partial charge in [0.05, 0.1) is 12.6 Å². The molecule has 0 radical (unpaired) electrons. The van der Waals surface area contributed by atoms with Crippen molar-refractivity contribution in [2.75, 3.05) is 23.8 Å². The third kappa shape index (κ3) is 4.63. The summed E-state index contributed by atoms with van der Waals surface area (Å²) < 4.78 is 4.86. The van der Waals surface area contributed by atoms with Crippen molar-refractivity contribution in [1.82, 2.24) is 4.90 Å². The minimum Gasteiger partial charge on any atom is -0.450 e. The Morgan fingerprint density at radius 2 is 1.71 bits per heavy atom. The molecule has 0 heterocycles. The lowest BCUT2D eigenvalue weighted by atomic mass is 10.1. The molecule has 3 amide bonds. The fourth-order valence-corrected chi connectivity index (χ4v) is 3.62. The summed E-state index contributed by atoms with van der Waals surface area (Å²) in [4.78, 5) is 26.4. The lowest BCUT2D eigenvalue weighted by molar-refractivity contribution is 0.168. The van der Waals surface area contributed by atoms with Gasteiger partial charge < -0.3 is 15.0 Å². The number of nitrogens with zero attached hydrogens (tertiary/aromatic N) is 1. The number of rotatable bonds is 6. The lowest BCUT2D eigenvalue weighted by Gasteiger charge is -2.29. The summed E-state index contributed by atoms with van der Waals surface area (Å²) in [7, 11) is 0. The Kier molecular flexibility index (Phi) is 6.53. The fraction of sp³-hybridized carbons (Fsp3) is 0.364. The van der Waals surface area contributed by atoms with Crippen LogP contribution in [0.25, 0.3) is 0 Å². The van der Waals surface area contributed by atoms with E-state index in [1.165, 1.54) is 11.1 Å². The van der Waals surface area contributed by atoms with Gasteiger partial charge in [-0.15, -0.1) is 0 Å². The van der Waals surface area contributed by atoms with E-state index < -0.39 is 6.09 Å². The maximum atomic E-state index is 13.0. The van der Waals surface area contributed by atoms with E-state index in [1.54, 1.807) is 31.2 Å². The standard InChI is InChI=1S/C22H27N3O3/c1-3-15-25(20-14-9-16-7-5-6-8-19(16)20)21(26)23-17-10-12-18(13-11-17)24-22(27)28-4-2/h5-8,10-13,20H,3-4,9,14-15H2,1-2H3,(H,23,26)(H,24,27)/t20-/m0/s1. The molecule has 0 saturated carbocycles. The number of carbonyl (C=O) groups is 2. The third-order valence-corrected chi connectivity index (χ3v) is 4.86. The number of carbonyl (C=O) groups excluding carboxylic acids is 2. The zero-order valence-electron chi connectivity index (χ0n) is 16.4. The van der Waals surface area contributed by atoms with E-state index >= 15 is 0 Å². The number of ether oxygens (including phenoxy) is 1. The second-order valence-electron chi connectivity index (χ2n) is 6.80. The van der Waals surface area contributed by atoms with Gasteiger partial charge in [-0.05, 0) is 61.6 Å². The zero-order chi connectivity index (χ0) is 19.9. The molecular formula is C22H27N3O3. The second kappa shape index (κ2) is 9.26. The second-order valence-corrected chi connectivity index (χ2v) is 6.80. The van der Waals surface area contributed by atoms with Crippen LogP contribution >= 0.6 is 0 Å². The van der Waals surface area contributed by atoms with Crippen LogP contribution in [0.4, 0.5) is 21.0 Å². The summed E-state index contributed by atoms with van der Waals surface area (Å²) in [5.74, 6) is 0. The SMILES string of the molecule is CCCN(C(=O)Nc1ccc(NC(=O)OCC)cc1)[C@H]1CCc2ccccc21. The monoisotopic (exact) mass is 381 g/mol. The maximum absolute atomic E-state index is 13.0. The number of fused-ring (bicyclic) bond motifs is 1. The van der Waals surface area contributed by atoms with Crippen LogP contribution in [0.15, 0.2) is 48.5 Å². The normalized spacial score (nSPS) is 14.9. The first kappa shape index (κ1) is 19.7. The van der Waals surface area contributed by atoms with E-state index in [0.29, 0.717) is 24.5 Å². The Bertz CT molecular complexity index is 820. The number of benzene rings is 2. The molecule has 1 aliphatic rings. The lowest BCUT2D eigenvalue weighted by Crippen LogP contribution is -2.38. The minimum atomic E-state index is -0.492. The molecule has 2 aromatic rings. The Hall–Kier alpha value is -3.02. The van der Waals surface area contributed by atoms with Crippen LogP contribution in [0.2, 0.25) is 0 Å². The van der Waals surface area contributed by atoms with Gasteiger partial charge in [-0.1, -0.05) is 31.2 Å². The summed E-state index contributed by atoms with van der Waals surface area (Å²) in [6.45, 7) is 4.85. The van der Waals surface area contributed by atoms with Crippen LogP contribution in [0, 0.1) is 0 Å². The van der Waals surface area contributed by atoms with Crippen molar-refractivity contribution in [2.24, 2.45) is 0 Å². The van der Waals surface area contributed by atoms with Crippen molar-refractivity contribution >= 4 is 23.5 Å². The quantitative estimate of drug-likeness (QED) is 0.724. The molecular weight excluding hydrogens is 354 g/mol. The molecule has 0 fully saturated rings. The van der Waals surface area contributed by atoms with Crippen LogP contribution in [0.5, 0.6) is 0 Å². The van der Waals surface area contributed by atoms with Gasteiger partial charge in [-0.3, -0.25) is 5.32 Å². The van der Waals surface area contributed by atoms with Gasteiger partial charge in [-0.25, -0.2) is 9.59 Å². The van der Waals surface area contributed by atoms with E-state index in [2.05, 4.69) is 35.8 Å². The van der Waals surface area contributed by atoms with Crippen molar-refractivity contribution in [1.29, 1.82) is 0 Å². The van der Waals surface area contributed by atoms with E-state index in [4.69, 9.17) is 4.74 Å². The summed E-state index contributed by atoms with van der Waals surface area (Å²) >= 11 is 0. The van der Waals surface area contributed by atoms with Crippen LogP contribution in [-0.4, -0.2) is 30.2 Å². The molecule has 2 N–H and O–H groups in total. The summed E-state index contributed by atoms with van der Waals surface area (Å²) in [6, 6.07) is 15.4. The Labute approximate surface area is 165 Å². The van der Waals surface area contributed by atoms with Gasteiger partial charge >= 0.3 is 12.1 Å². The molecule has 148 valence electrons. The van der Waals surface area contributed by atoms with Crippen molar-refractivity contribution in [3.05, 3.63) is 59.7 Å². The fourth-order valence-electron chi connectivity index (χ4n) is 3.62. The number of aryl methyl sites for hydroxylation is 1. The first-order valence-electron chi connectivity index (χ1n) is 9.81. The Morgan fingerprint density at radius 3 is 2.39 bits per heavy atom. The van der Waals surface area contributed by atoms with Crippen LogP contribution in [-0.2, 0) is 11.2 Å². The molecule has 2 aromatic carbocycles. The molecule has 1 aliphatic carbocycles. The number of amides is 3. The van der Waals surface area contributed by atoms with Gasteiger partial charge in [0.1, 0.15) is 0 Å². The van der Waals surface area contributed by atoms with Gasteiger partial charge in [0.2, 0.25) is 0 Å². The summed E-state index contributed by atoms with van der Waals surface area (Å²) in [5.41, 5.74) is 3.88. The molecule has 1 atom stereocenters. The average molecular weight is 381 g/mol. The molecule has 0 bridgehead atoms. The first-order chi connectivity index (χ1) is 13.6. The highest BCUT2D eigenvalue weighted by molar-refractivity contribution is 5.90. The topological polar surface area (TPSA) is 70.7 Å². The molecule has 0 aliphatic heterocycles. The Morgan fingerprint density at radius 1 is 1.04 bits per heavy atom. The van der Waals surface area contributed by atoms with Gasteiger partial charge in [0.25, 0.3) is 0 Å². The highest BCUT2D eigenvalue weighted by Crippen LogP contribution is 2.36. The van der Waals surface area contributed by atoms with Gasteiger partial charge in [0.15, 0.2) is 0 Å². The smallest absolute Gasteiger partial charge is 0.411 e. The van der Waals surface area contributed by atoms with E-state index in [-0.39, 0.29) is 12.1 Å². The Balaban J connectivity index is 1.67. The first-order valence-corrected chi connectivity index (χ1v) is 9.81. The highest BCUT2D eigenvalue weighted by Gasteiger charge is 2.30. The molecule has 0 spiro atoms. The highest BCUT2D eigenvalue weighted by atomic mass is 16.5. The minimum absolute atomic E-state index is 0.102. The average Bonchev–Trinajstić information content (AvgIpc) is 3.11. The number of anilines is 2. The van der Waals surface area contributed by atoms with Gasteiger partial charge in [-0.2, -0.15) is 0 Å². The van der Waals surface area contributed by atoms with Crippen LogP contribution in [0.1, 0.15) is 43.9 Å². The molecule has 6 nitrogen and oxygen atoms in total. The number of hydrogen-bond donors (Lipinski definition) is 2. The van der Waals surface area contributed by atoms with E-state index in [0.717, 1.165) is 19.3 Å². The zero-order valence-corrected chi connectivity index (χ0v) is 16.4. The van der Waals surface area contributed by atoms with Crippen molar-refractivity contribution < 1.29 is 14.3 Å². The molecule has 0 aromatic heterocycles. The summed E-state index contributed by atoms with van der Waals surface area (Å²) in [6.07, 6.45) is 2.36. The molecule has 0 saturated heterocycles. The number of urea groups is 1. The van der Waals surface area contributed by atoms with Crippen LogP contribution in [0.3, 0.4) is 0 Å². The van der Waals surface area contributed by atoms with Crippen molar-refractivity contribution in [3.8, 4) is 0 Å². The van der Waals surface area contributed by atoms with Crippen LogP contribution < -0.4 is 10.6 Å². The predicted molar refractivity (Wildman–Crippen MR) is 111 cm³/mol. The van der Waals surface area contributed by atoms with Crippen molar-refractivity contribution in [2.45, 2.75) is 39.2 Å². The largest absolute Gasteiger partial charge is 0.450 e. The van der Waals surface area contributed by atoms with Crippen molar-refractivity contribution in [3.63, 3.8) is 0 Å². The molecule has 6 heteroatoms. The summed E-state index contributed by atoms with van der Waals surface area (Å²) in [5, 5.41) is 5.62. The molecule has 28 heavy (non-hydrogen) atoms. The predicted octanol–water partition coefficient (Wildman–Crippen LogP) is 5.19. The maximum Gasteiger partial charge on any atom is 0.411 e. The van der Waals surface area contributed by atoms with E-state index in [9.17, 15) is 9.59 Å².